The predicted octanol–water partition coefficient (Wildman–Crippen LogP) is 4.38. The van der Waals surface area contributed by atoms with Crippen molar-refractivity contribution >= 4 is 51.9 Å². The van der Waals surface area contributed by atoms with Crippen LogP contribution < -0.4 is 10.2 Å². The summed E-state index contributed by atoms with van der Waals surface area (Å²) in [5, 5.41) is 4.04. The first-order valence-corrected chi connectivity index (χ1v) is 10.3. The van der Waals surface area contributed by atoms with E-state index in [0.717, 1.165) is 43.1 Å². The van der Waals surface area contributed by atoms with Crippen molar-refractivity contribution in [1.82, 2.24) is 5.32 Å². The molecule has 0 bridgehead atoms. The summed E-state index contributed by atoms with van der Waals surface area (Å²) in [4.78, 5) is 19.8. The van der Waals surface area contributed by atoms with Crippen LogP contribution in [0.5, 0.6) is 0 Å². The minimum atomic E-state index is -0.138. The minimum absolute atomic E-state index is 0.138. The number of amides is 1. The summed E-state index contributed by atoms with van der Waals surface area (Å²) >= 11 is 7.48. The van der Waals surface area contributed by atoms with E-state index in [9.17, 15) is 4.79 Å². The van der Waals surface area contributed by atoms with E-state index in [1.165, 1.54) is 17.4 Å². The van der Waals surface area contributed by atoms with E-state index >= 15 is 0 Å². The highest BCUT2D eigenvalue weighted by molar-refractivity contribution is 8.18. The number of amidine groups is 1. The number of aliphatic imine (C=N–C) groups is 1. The standard InChI is InChI=1S/C21H20ClN3O2S/c1-14-17(22)3-2-4-18(14)23-21-24-20(26)19(28-21)13-15-5-7-16(8-6-15)25-9-11-27-12-10-25/h2-8,13H,9-12H2,1H3,(H,23,24,26)/b19-13-. The van der Waals surface area contributed by atoms with Crippen LogP contribution in [-0.4, -0.2) is 37.4 Å². The summed E-state index contributed by atoms with van der Waals surface area (Å²) in [6, 6.07) is 13.8. The van der Waals surface area contributed by atoms with Crippen LogP contribution in [0.4, 0.5) is 11.4 Å². The van der Waals surface area contributed by atoms with E-state index in [0.29, 0.717) is 15.1 Å². The molecule has 2 fully saturated rings. The van der Waals surface area contributed by atoms with Crippen molar-refractivity contribution in [2.45, 2.75) is 6.92 Å². The Balaban J connectivity index is 1.50. The summed E-state index contributed by atoms with van der Waals surface area (Å²) in [6.07, 6.45) is 1.89. The predicted molar refractivity (Wildman–Crippen MR) is 116 cm³/mol. The van der Waals surface area contributed by atoms with Gasteiger partial charge in [-0.05, 0) is 60.2 Å². The number of hydrogen-bond acceptors (Lipinski definition) is 5. The second kappa shape index (κ2) is 8.39. The second-order valence-corrected chi connectivity index (χ2v) is 7.99. The van der Waals surface area contributed by atoms with Gasteiger partial charge in [-0.3, -0.25) is 4.79 Å². The van der Waals surface area contributed by atoms with E-state index in [2.05, 4.69) is 27.3 Å². The molecule has 0 spiro atoms. The molecule has 2 saturated heterocycles. The van der Waals surface area contributed by atoms with Crippen molar-refractivity contribution in [3.63, 3.8) is 0 Å². The highest BCUT2D eigenvalue weighted by Gasteiger charge is 2.24. The molecule has 0 aliphatic carbocycles. The fraction of sp³-hybridized carbons (Fsp3) is 0.238. The summed E-state index contributed by atoms with van der Waals surface area (Å²) in [5.41, 5.74) is 3.80. The van der Waals surface area contributed by atoms with Crippen LogP contribution >= 0.6 is 23.4 Å². The number of thioether (sulfide) groups is 1. The number of halogens is 1. The zero-order chi connectivity index (χ0) is 19.5. The van der Waals surface area contributed by atoms with Crippen LogP contribution in [0, 0.1) is 6.92 Å². The lowest BCUT2D eigenvalue weighted by Gasteiger charge is -2.28. The van der Waals surface area contributed by atoms with Crippen molar-refractivity contribution in [2.75, 3.05) is 31.2 Å². The van der Waals surface area contributed by atoms with E-state index in [1.54, 1.807) is 0 Å². The molecule has 4 rings (SSSR count). The number of benzene rings is 2. The fourth-order valence-corrected chi connectivity index (χ4v) is 4.07. The summed E-state index contributed by atoms with van der Waals surface area (Å²) in [5.74, 6) is -0.138. The Bertz CT molecular complexity index is 951. The minimum Gasteiger partial charge on any atom is -0.378 e. The third-order valence-electron chi connectivity index (χ3n) is 4.68. The van der Waals surface area contributed by atoms with Gasteiger partial charge in [-0.2, -0.15) is 0 Å². The van der Waals surface area contributed by atoms with Gasteiger partial charge in [0.1, 0.15) is 0 Å². The monoisotopic (exact) mass is 413 g/mol. The second-order valence-electron chi connectivity index (χ2n) is 6.56. The number of ether oxygens (including phenoxy) is 1. The molecule has 144 valence electrons. The highest BCUT2D eigenvalue weighted by Crippen LogP contribution is 2.31. The third kappa shape index (κ3) is 4.24. The average molecular weight is 414 g/mol. The van der Waals surface area contributed by atoms with Gasteiger partial charge < -0.3 is 15.0 Å². The van der Waals surface area contributed by atoms with E-state index < -0.39 is 0 Å². The van der Waals surface area contributed by atoms with Gasteiger partial charge >= 0.3 is 0 Å². The maximum absolute atomic E-state index is 12.3. The van der Waals surface area contributed by atoms with E-state index in [4.69, 9.17) is 16.3 Å². The Morgan fingerprint density at radius 2 is 1.93 bits per heavy atom. The molecule has 0 unspecified atom stereocenters. The topological polar surface area (TPSA) is 53.9 Å². The Kier molecular flexibility index (Phi) is 5.71. The van der Waals surface area contributed by atoms with Crippen molar-refractivity contribution in [2.24, 2.45) is 4.99 Å². The van der Waals surface area contributed by atoms with E-state index in [1.807, 2.05) is 43.3 Å². The fourth-order valence-electron chi connectivity index (χ4n) is 3.06. The number of carbonyl (C=O) groups is 1. The van der Waals surface area contributed by atoms with Crippen LogP contribution in [0.3, 0.4) is 0 Å². The van der Waals surface area contributed by atoms with Crippen LogP contribution in [0.15, 0.2) is 52.4 Å². The SMILES string of the molecule is Cc1c(Cl)cccc1N=C1NC(=O)/C(=C/c2ccc(N3CCOCC3)cc2)S1. The van der Waals surface area contributed by atoms with Gasteiger partial charge in [0.25, 0.3) is 5.91 Å². The van der Waals surface area contributed by atoms with Crippen LogP contribution in [-0.2, 0) is 9.53 Å². The summed E-state index contributed by atoms with van der Waals surface area (Å²) in [7, 11) is 0. The molecule has 2 aromatic carbocycles. The van der Waals surface area contributed by atoms with Crippen molar-refractivity contribution in [1.29, 1.82) is 0 Å². The zero-order valence-corrected chi connectivity index (χ0v) is 17.0. The van der Waals surface area contributed by atoms with Gasteiger partial charge in [-0.25, -0.2) is 4.99 Å². The molecule has 0 aromatic heterocycles. The van der Waals surface area contributed by atoms with Gasteiger partial charge in [0.15, 0.2) is 5.17 Å². The van der Waals surface area contributed by atoms with Gasteiger partial charge in [0, 0.05) is 23.8 Å². The molecule has 0 atom stereocenters. The quantitative estimate of drug-likeness (QED) is 0.759. The molecular formula is C21H20ClN3O2S. The smallest absolute Gasteiger partial charge is 0.264 e. The number of rotatable bonds is 3. The molecule has 0 radical (unpaired) electrons. The number of nitrogens with one attached hydrogen (secondary N) is 1. The Labute approximate surface area is 173 Å². The summed E-state index contributed by atoms with van der Waals surface area (Å²) in [6.45, 7) is 5.24. The lowest BCUT2D eigenvalue weighted by Crippen LogP contribution is -2.36. The maximum atomic E-state index is 12.3. The van der Waals surface area contributed by atoms with Gasteiger partial charge in [-0.1, -0.05) is 29.8 Å². The first-order chi connectivity index (χ1) is 13.6. The third-order valence-corrected chi connectivity index (χ3v) is 6.00. The van der Waals surface area contributed by atoms with E-state index in [-0.39, 0.29) is 5.91 Å². The Morgan fingerprint density at radius 3 is 2.68 bits per heavy atom. The molecule has 5 nitrogen and oxygen atoms in total. The van der Waals surface area contributed by atoms with Crippen molar-refractivity contribution in [3.05, 3.63) is 63.5 Å². The lowest BCUT2D eigenvalue weighted by molar-refractivity contribution is -0.115. The molecule has 1 N–H and O–H groups in total. The van der Waals surface area contributed by atoms with Crippen molar-refractivity contribution in [3.8, 4) is 0 Å². The molecule has 2 aliphatic rings. The molecule has 2 aliphatic heterocycles. The van der Waals surface area contributed by atoms with Gasteiger partial charge in [0.05, 0.1) is 23.8 Å². The first kappa shape index (κ1) is 19.1. The number of morpholine rings is 1. The molecule has 0 saturated carbocycles. The largest absolute Gasteiger partial charge is 0.378 e. The summed E-state index contributed by atoms with van der Waals surface area (Å²) < 4.78 is 5.39. The maximum Gasteiger partial charge on any atom is 0.264 e. The first-order valence-electron chi connectivity index (χ1n) is 9.07. The molecular weight excluding hydrogens is 394 g/mol. The van der Waals surface area contributed by atoms with Gasteiger partial charge in [0.2, 0.25) is 0 Å². The van der Waals surface area contributed by atoms with Crippen molar-refractivity contribution < 1.29 is 9.53 Å². The van der Waals surface area contributed by atoms with Crippen LogP contribution in [0.2, 0.25) is 5.02 Å². The normalized spacial score (nSPS) is 20.1. The van der Waals surface area contributed by atoms with Crippen LogP contribution in [0.1, 0.15) is 11.1 Å². The molecule has 2 heterocycles. The number of nitrogens with zero attached hydrogens (tertiary/aromatic N) is 2. The number of anilines is 1. The zero-order valence-electron chi connectivity index (χ0n) is 15.4. The molecule has 7 heteroatoms. The molecule has 28 heavy (non-hydrogen) atoms. The number of hydrogen-bond donors (Lipinski definition) is 1. The Hall–Kier alpha value is -2.28. The molecule has 2 aromatic rings. The lowest BCUT2D eigenvalue weighted by atomic mass is 10.1. The highest BCUT2D eigenvalue weighted by atomic mass is 35.5. The van der Waals surface area contributed by atoms with Gasteiger partial charge in [-0.15, -0.1) is 0 Å². The average Bonchev–Trinajstić information content (AvgIpc) is 3.05. The molecule has 1 amide bonds. The number of carbonyl (C=O) groups excluding carboxylic acids is 1. The van der Waals surface area contributed by atoms with Crippen LogP contribution in [0.25, 0.3) is 6.08 Å². The Morgan fingerprint density at radius 1 is 1.18 bits per heavy atom.